The van der Waals surface area contributed by atoms with Gasteiger partial charge >= 0.3 is 0 Å². The van der Waals surface area contributed by atoms with Gasteiger partial charge in [-0.1, -0.05) is 29.3 Å². The van der Waals surface area contributed by atoms with Crippen LogP contribution in [0.1, 0.15) is 5.56 Å². The first-order valence-electron chi connectivity index (χ1n) is 7.65. The summed E-state index contributed by atoms with van der Waals surface area (Å²) >= 11 is 11.9. The second-order valence-corrected chi connectivity index (χ2v) is 8.59. The van der Waals surface area contributed by atoms with Crippen molar-refractivity contribution >= 4 is 38.9 Å². The quantitative estimate of drug-likeness (QED) is 0.807. The highest BCUT2D eigenvalue weighted by molar-refractivity contribution is 7.89. The molecule has 0 bridgehead atoms. The van der Waals surface area contributed by atoms with E-state index in [1.807, 2.05) is 25.1 Å². The third-order valence-corrected chi connectivity index (χ3v) is 6.54. The van der Waals surface area contributed by atoms with Gasteiger partial charge in [0.2, 0.25) is 10.0 Å². The molecule has 2 aromatic rings. The number of piperazine rings is 1. The summed E-state index contributed by atoms with van der Waals surface area (Å²) < 4.78 is 27.0. The minimum absolute atomic E-state index is 0.242. The summed E-state index contributed by atoms with van der Waals surface area (Å²) in [5, 5.41) is 1.13. The number of sulfonamides is 1. The summed E-state index contributed by atoms with van der Waals surface area (Å²) in [6.45, 7) is 4.18. The minimum atomic E-state index is -3.51. The molecule has 1 fully saturated rings. The van der Waals surface area contributed by atoms with E-state index in [0.717, 1.165) is 11.3 Å². The molecule has 0 atom stereocenters. The highest BCUT2D eigenvalue weighted by atomic mass is 35.5. The molecular formula is C17H18Cl2N2O2S. The van der Waals surface area contributed by atoms with Crippen LogP contribution in [0, 0.1) is 6.92 Å². The summed E-state index contributed by atoms with van der Waals surface area (Å²) in [5.41, 5.74) is 2.19. The van der Waals surface area contributed by atoms with Crippen LogP contribution in [0.4, 0.5) is 5.69 Å². The van der Waals surface area contributed by atoms with Crippen molar-refractivity contribution in [1.29, 1.82) is 0 Å². The number of nitrogens with zero attached hydrogens (tertiary/aromatic N) is 2. The molecule has 0 aromatic heterocycles. The maximum Gasteiger partial charge on any atom is 0.243 e. The lowest BCUT2D eigenvalue weighted by atomic mass is 10.1. The van der Waals surface area contributed by atoms with Gasteiger partial charge in [-0.25, -0.2) is 8.42 Å². The van der Waals surface area contributed by atoms with Gasteiger partial charge < -0.3 is 4.90 Å². The summed E-state index contributed by atoms with van der Waals surface area (Å²) in [7, 11) is -3.51. The van der Waals surface area contributed by atoms with Gasteiger partial charge in [0, 0.05) is 41.9 Å². The lowest BCUT2D eigenvalue weighted by Crippen LogP contribution is -2.48. The molecule has 0 N–H and O–H groups in total. The van der Waals surface area contributed by atoms with E-state index in [-0.39, 0.29) is 4.90 Å². The summed E-state index contributed by atoms with van der Waals surface area (Å²) in [5.74, 6) is 0. The van der Waals surface area contributed by atoms with Gasteiger partial charge in [-0.2, -0.15) is 4.31 Å². The Labute approximate surface area is 152 Å². The lowest BCUT2D eigenvalue weighted by molar-refractivity contribution is 0.385. The molecular weight excluding hydrogens is 367 g/mol. The molecule has 128 valence electrons. The topological polar surface area (TPSA) is 40.6 Å². The maximum absolute atomic E-state index is 12.7. The van der Waals surface area contributed by atoms with Gasteiger partial charge in [0.1, 0.15) is 0 Å². The highest BCUT2D eigenvalue weighted by Crippen LogP contribution is 2.26. The van der Waals surface area contributed by atoms with Crippen LogP contribution < -0.4 is 4.90 Å². The molecule has 0 radical (unpaired) electrons. The second kappa shape index (κ2) is 6.92. The first-order valence-corrected chi connectivity index (χ1v) is 9.84. The monoisotopic (exact) mass is 384 g/mol. The third kappa shape index (κ3) is 3.54. The van der Waals surface area contributed by atoms with Crippen molar-refractivity contribution in [2.45, 2.75) is 11.8 Å². The van der Waals surface area contributed by atoms with Crippen LogP contribution in [0.5, 0.6) is 0 Å². The Bertz CT molecular complexity index is 847. The van der Waals surface area contributed by atoms with Crippen LogP contribution >= 0.6 is 23.2 Å². The van der Waals surface area contributed by atoms with Crippen molar-refractivity contribution in [1.82, 2.24) is 4.31 Å². The molecule has 0 saturated carbocycles. The van der Waals surface area contributed by atoms with Crippen LogP contribution in [0.2, 0.25) is 10.0 Å². The SMILES string of the molecule is Cc1cc(Cl)ccc1N1CCN(S(=O)(=O)c2cccc(Cl)c2)CC1. The molecule has 0 unspecified atom stereocenters. The van der Waals surface area contributed by atoms with Crippen LogP contribution in [0.25, 0.3) is 0 Å². The second-order valence-electron chi connectivity index (χ2n) is 5.78. The fraction of sp³-hybridized carbons (Fsp3) is 0.294. The molecule has 2 aromatic carbocycles. The van der Waals surface area contributed by atoms with E-state index < -0.39 is 10.0 Å². The fourth-order valence-electron chi connectivity index (χ4n) is 2.92. The Balaban J connectivity index is 1.75. The van der Waals surface area contributed by atoms with E-state index in [2.05, 4.69) is 4.90 Å². The van der Waals surface area contributed by atoms with E-state index in [4.69, 9.17) is 23.2 Å². The first-order chi connectivity index (χ1) is 11.4. The molecule has 0 amide bonds. The van der Waals surface area contributed by atoms with Gasteiger partial charge in [0.05, 0.1) is 4.90 Å². The number of anilines is 1. The number of halogens is 2. The number of hydrogen-bond acceptors (Lipinski definition) is 3. The number of benzene rings is 2. The van der Waals surface area contributed by atoms with E-state index in [1.165, 1.54) is 10.4 Å². The molecule has 1 aliphatic heterocycles. The number of aryl methyl sites for hydroxylation is 1. The molecule has 0 spiro atoms. The zero-order valence-corrected chi connectivity index (χ0v) is 15.6. The Morgan fingerprint density at radius 2 is 1.58 bits per heavy atom. The maximum atomic E-state index is 12.7. The Morgan fingerprint density at radius 1 is 0.917 bits per heavy atom. The van der Waals surface area contributed by atoms with Crippen molar-refractivity contribution in [2.75, 3.05) is 31.1 Å². The van der Waals surface area contributed by atoms with Crippen LogP contribution in [-0.2, 0) is 10.0 Å². The Hall–Kier alpha value is -1.27. The Morgan fingerprint density at radius 3 is 2.21 bits per heavy atom. The van der Waals surface area contributed by atoms with Crippen LogP contribution in [-0.4, -0.2) is 38.9 Å². The van der Waals surface area contributed by atoms with Gasteiger partial charge in [-0.15, -0.1) is 0 Å². The fourth-order valence-corrected chi connectivity index (χ4v) is 4.87. The van der Waals surface area contributed by atoms with Gasteiger partial charge in [0.15, 0.2) is 0 Å². The van der Waals surface area contributed by atoms with Crippen LogP contribution in [0.15, 0.2) is 47.4 Å². The first kappa shape index (κ1) is 17.5. The van der Waals surface area contributed by atoms with Crippen molar-refractivity contribution in [3.63, 3.8) is 0 Å². The molecule has 0 aliphatic carbocycles. The molecule has 1 heterocycles. The normalized spacial score (nSPS) is 16.4. The van der Waals surface area contributed by atoms with E-state index in [0.29, 0.717) is 36.2 Å². The largest absolute Gasteiger partial charge is 0.369 e. The smallest absolute Gasteiger partial charge is 0.243 e. The summed E-state index contributed by atoms with van der Waals surface area (Å²) in [6.07, 6.45) is 0. The lowest BCUT2D eigenvalue weighted by Gasteiger charge is -2.36. The average Bonchev–Trinajstić information content (AvgIpc) is 2.55. The number of rotatable bonds is 3. The zero-order chi connectivity index (χ0) is 17.3. The molecule has 4 nitrogen and oxygen atoms in total. The molecule has 24 heavy (non-hydrogen) atoms. The highest BCUT2D eigenvalue weighted by Gasteiger charge is 2.29. The average molecular weight is 385 g/mol. The third-order valence-electron chi connectivity index (χ3n) is 4.17. The van der Waals surface area contributed by atoms with Crippen molar-refractivity contribution < 1.29 is 8.42 Å². The number of hydrogen-bond donors (Lipinski definition) is 0. The summed E-state index contributed by atoms with van der Waals surface area (Å²) in [6, 6.07) is 12.2. The molecule has 1 aliphatic rings. The van der Waals surface area contributed by atoms with Gasteiger partial charge in [0.25, 0.3) is 0 Å². The predicted octanol–water partition coefficient (Wildman–Crippen LogP) is 3.81. The zero-order valence-electron chi connectivity index (χ0n) is 13.2. The van der Waals surface area contributed by atoms with Crippen LogP contribution in [0.3, 0.4) is 0 Å². The van der Waals surface area contributed by atoms with E-state index >= 15 is 0 Å². The van der Waals surface area contributed by atoms with Gasteiger partial charge in [-0.3, -0.25) is 0 Å². The summed E-state index contributed by atoms with van der Waals surface area (Å²) in [4.78, 5) is 2.43. The van der Waals surface area contributed by atoms with Crippen molar-refractivity contribution in [2.24, 2.45) is 0 Å². The minimum Gasteiger partial charge on any atom is -0.369 e. The van der Waals surface area contributed by atoms with E-state index in [9.17, 15) is 8.42 Å². The molecule has 1 saturated heterocycles. The standard InChI is InChI=1S/C17H18Cl2N2O2S/c1-13-11-15(19)5-6-17(13)20-7-9-21(10-8-20)24(22,23)16-4-2-3-14(18)12-16/h2-6,11-12H,7-10H2,1H3. The van der Waals surface area contributed by atoms with Crippen molar-refractivity contribution in [3.05, 3.63) is 58.1 Å². The predicted molar refractivity (Wildman–Crippen MR) is 98.6 cm³/mol. The van der Waals surface area contributed by atoms with E-state index in [1.54, 1.807) is 18.2 Å². The Kier molecular flexibility index (Phi) is 5.06. The van der Waals surface area contributed by atoms with Gasteiger partial charge in [-0.05, 0) is 48.9 Å². The molecule has 3 rings (SSSR count). The molecule has 7 heteroatoms. The van der Waals surface area contributed by atoms with Crippen molar-refractivity contribution in [3.8, 4) is 0 Å².